The summed E-state index contributed by atoms with van der Waals surface area (Å²) < 4.78 is 13.8. The maximum atomic E-state index is 13.8. The molecule has 1 aromatic heterocycles. The first kappa shape index (κ1) is 15.9. The second-order valence-corrected chi connectivity index (χ2v) is 5.60. The molecule has 4 nitrogen and oxygen atoms in total. The van der Waals surface area contributed by atoms with Crippen LogP contribution >= 0.6 is 0 Å². The average Bonchev–Trinajstić information content (AvgIpc) is 2.57. The molecule has 2 aromatic carbocycles. The number of aryl methyl sites for hydroxylation is 1. The van der Waals surface area contributed by atoms with Crippen LogP contribution in [0, 0.1) is 12.7 Å². The van der Waals surface area contributed by atoms with Crippen LogP contribution < -0.4 is 10.6 Å². The van der Waals surface area contributed by atoms with Crippen molar-refractivity contribution < 1.29 is 4.39 Å². The van der Waals surface area contributed by atoms with E-state index in [1.54, 1.807) is 18.2 Å². The van der Waals surface area contributed by atoms with Gasteiger partial charge in [0.25, 0.3) is 0 Å². The highest BCUT2D eigenvalue weighted by atomic mass is 19.1. The van der Waals surface area contributed by atoms with Gasteiger partial charge in [0.1, 0.15) is 11.6 Å². The lowest BCUT2D eigenvalue weighted by atomic mass is 10.1. The summed E-state index contributed by atoms with van der Waals surface area (Å²) in [4.78, 5) is 8.76. The van der Waals surface area contributed by atoms with Gasteiger partial charge in [-0.3, -0.25) is 0 Å². The highest BCUT2D eigenvalue weighted by Gasteiger charge is 2.09. The Bertz CT molecular complexity index is 821. The molecule has 0 bridgehead atoms. The number of rotatable bonds is 5. The van der Waals surface area contributed by atoms with E-state index in [9.17, 15) is 4.39 Å². The predicted molar refractivity (Wildman–Crippen MR) is 94.9 cm³/mol. The maximum absolute atomic E-state index is 13.8. The van der Waals surface area contributed by atoms with E-state index in [1.165, 1.54) is 6.07 Å². The van der Waals surface area contributed by atoms with Gasteiger partial charge in [-0.1, -0.05) is 42.5 Å². The molecule has 3 rings (SSSR count). The van der Waals surface area contributed by atoms with Crippen molar-refractivity contribution in [2.45, 2.75) is 19.9 Å². The predicted octanol–water partition coefficient (Wildman–Crippen LogP) is 4.84. The smallest absolute Gasteiger partial charge is 0.229 e. The monoisotopic (exact) mass is 322 g/mol. The number of nitrogens with zero attached hydrogens (tertiary/aromatic N) is 2. The maximum Gasteiger partial charge on any atom is 0.229 e. The summed E-state index contributed by atoms with van der Waals surface area (Å²) in [7, 11) is 0. The third kappa shape index (κ3) is 3.87. The molecule has 0 aliphatic carbocycles. The molecule has 0 amide bonds. The fourth-order valence-corrected chi connectivity index (χ4v) is 2.43. The molecular formula is C19H19FN4. The minimum Gasteiger partial charge on any atom is -0.363 e. The molecule has 5 heteroatoms. The molecule has 24 heavy (non-hydrogen) atoms. The van der Waals surface area contributed by atoms with E-state index in [0.717, 1.165) is 11.3 Å². The zero-order valence-electron chi connectivity index (χ0n) is 13.6. The van der Waals surface area contributed by atoms with Crippen molar-refractivity contribution in [3.8, 4) is 0 Å². The Balaban J connectivity index is 1.80. The fraction of sp³-hybridized carbons (Fsp3) is 0.158. The van der Waals surface area contributed by atoms with E-state index in [1.807, 2.05) is 31.2 Å². The second-order valence-electron chi connectivity index (χ2n) is 5.60. The number of nitrogens with one attached hydrogen (secondary N) is 2. The molecule has 0 aliphatic rings. The Kier molecular flexibility index (Phi) is 4.70. The molecule has 0 radical (unpaired) electrons. The van der Waals surface area contributed by atoms with Crippen molar-refractivity contribution >= 4 is 17.5 Å². The number of benzene rings is 2. The molecule has 0 aliphatic heterocycles. The Labute approximate surface area is 140 Å². The molecule has 0 spiro atoms. The van der Waals surface area contributed by atoms with Crippen LogP contribution in [0.4, 0.5) is 21.8 Å². The van der Waals surface area contributed by atoms with Crippen molar-refractivity contribution in [2.75, 3.05) is 10.6 Å². The number of hydrogen-bond donors (Lipinski definition) is 2. The lowest BCUT2D eigenvalue weighted by molar-refractivity contribution is 0.631. The minimum atomic E-state index is -0.338. The van der Waals surface area contributed by atoms with Crippen LogP contribution in [0.3, 0.4) is 0 Å². The third-order valence-electron chi connectivity index (χ3n) is 3.64. The number of halogens is 1. The van der Waals surface area contributed by atoms with Crippen molar-refractivity contribution in [3.63, 3.8) is 0 Å². The van der Waals surface area contributed by atoms with Gasteiger partial charge in [-0.2, -0.15) is 4.98 Å². The van der Waals surface area contributed by atoms with E-state index in [4.69, 9.17) is 0 Å². The van der Waals surface area contributed by atoms with Gasteiger partial charge in [0.15, 0.2) is 0 Å². The third-order valence-corrected chi connectivity index (χ3v) is 3.64. The Morgan fingerprint density at radius 1 is 0.958 bits per heavy atom. The van der Waals surface area contributed by atoms with Crippen LogP contribution in [0.15, 0.2) is 60.7 Å². The SMILES string of the molecule is Cc1cc(NC(C)c2ccccc2)nc(Nc2ccccc2F)n1. The topological polar surface area (TPSA) is 49.8 Å². The number of hydrogen-bond acceptors (Lipinski definition) is 4. The normalized spacial score (nSPS) is 11.8. The van der Waals surface area contributed by atoms with Crippen LogP contribution in [0.1, 0.15) is 24.2 Å². The summed E-state index contributed by atoms with van der Waals surface area (Å²) >= 11 is 0. The summed E-state index contributed by atoms with van der Waals surface area (Å²) in [5, 5.41) is 6.28. The zero-order valence-corrected chi connectivity index (χ0v) is 13.6. The first-order valence-corrected chi connectivity index (χ1v) is 7.80. The highest BCUT2D eigenvalue weighted by Crippen LogP contribution is 2.21. The molecule has 0 fully saturated rings. The average molecular weight is 322 g/mol. The standard InChI is InChI=1S/C19H19FN4/c1-13-12-18(22-14(2)15-8-4-3-5-9-15)24-19(21-13)23-17-11-7-6-10-16(17)20/h3-12,14H,1-2H3,(H2,21,22,23,24). The van der Waals surface area contributed by atoms with E-state index in [2.05, 4.69) is 39.7 Å². The lowest BCUT2D eigenvalue weighted by Crippen LogP contribution is -2.10. The van der Waals surface area contributed by atoms with Gasteiger partial charge >= 0.3 is 0 Å². The van der Waals surface area contributed by atoms with Gasteiger partial charge in [-0.15, -0.1) is 0 Å². The first-order chi connectivity index (χ1) is 11.6. The van der Waals surface area contributed by atoms with Crippen LogP contribution in [-0.2, 0) is 0 Å². The quantitative estimate of drug-likeness (QED) is 0.705. The van der Waals surface area contributed by atoms with Crippen LogP contribution in [0.25, 0.3) is 0 Å². The highest BCUT2D eigenvalue weighted by molar-refractivity contribution is 5.56. The van der Waals surface area contributed by atoms with Crippen LogP contribution in [0.2, 0.25) is 0 Å². The molecular weight excluding hydrogens is 303 g/mol. The molecule has 1 unspecified atom stereocenters. The Morgan fingerprint density at radius 2 is 1.67 bits per heavy atom. The van der Waals surface area contributed by atoms with E-state index >= 15 is 0 Å². The van der Waals surface area contributed by atoms with E-state index < -0.39 is 0 Å². The van der Waals surface area contributed by atoms with Gasteiger partial charge in [0.05, 0.1) is 5.69 Å². The van der Waals surface area contributed by atoms with E-state index in [0.29, 0.717) is 17.5 Å². The van der Waals surface area contributed by atoms with Crippen molar-refractivity contribution in [3.05, 3.63) is 77.7 Å². The summed E-state index contributed by atoms with van der Waals surface area (Å²) in [5.41, 5.74) is 2.31. The van der Waals surface area contributed by atoms with Gasteiger partial charge in [0.2, 0.25) is 5.95 Å². The molecule has 0 saturated heterocycles. The van der Waals surface area contributed by atoms with Crippen molar-refractivity contribution in [1.82, 2.24) is 9.97 Å². The van der Waals surface area contributed by atoms with Gasteiger partial charge in [-0.25, -0.2) is 9.37 Å². The van der Waals surface area contributed by atoms with Gasteiger partial charge in [0, 0.05) is 17.8 Å². The summed E-state index contributed by atoms with van der Waals surface area (Å²) in [6.07, 6.45) is 0. The summed E-state index contributed by atoms with van der Waals surface area (Å²) in [6.45, 7) is 3.95. The van der Waals surface area contributed by atoms with Crippen molar-refractivity contribution in [1.29, 1.82) is 0 Å². The lowest BCUT2D eigenvalue weighted by Gasteiger charge is -2.16. The largest absolute Gasteiger partial charge is 0.363 e. The summed E-state index contributed by atoms with van der Waals surface area (Å²) in [5.74, 6) is 0.718. The number of anilines is 3. The van der Waals surface area contributed by atoms with Crippen molar-refractivity contribution in [2.24, 2.45) is 0 Å². The molecule has 2 N–H and O–H groups in total. The first-order valence-electron chi connectivity index (χ1n) is 7.80. The fourth-order valence-electron chi connectivity index (χ4n) is 2.43. The van der Waals surface area contributed by atoms with Gasteiger partial charge in [-0.05, 0) is 31.5 Å². The molecule has 122 valence electrons. The second kappa shape index (κ2) is 7.08. The Hall–Kier alpha value is -2.95. The molecule has 1 atom stereocenters. The Morgan fingerprint density at radius 3 is 2.42 bits per heavy atom. The zero-order chi connectivity index (χ0) is 16.9. The number of aromatic nitrogens is 2. The molecule has 3 aromatic rings. The molecule has 1 heterocycles. The van der Waals surface area contributed by atoms with E-state index in [-0.39, 0.29) is 11.9 Å². The summed E-state index contributed by atoms with van der Waals surface area (Å²) in [6, 6.07) is 18.5. The minimum absolute atomic E-state index is 0.0989. The molecule has 0 saturated carbocycles. The van der Waals surface area contributed by atoms with Crippen LogP contribution in [0.5, 0.6) is 0 Å². The van der Waals surface area contributed by atoms with Gasteiger partial charge < -0.3 is 10.6 Å². The number of para-hydroxylation sites is 1. The van der Waals surface area contributed by atoms with Crippen LogP contribution in [-0.4, -0.2) is 9.97 Å².